The van der Waals surface area contributed by atoms with E-state index in [1.54, 1.807) is 40.7 Å². The number of carbonyl (C=O) groups excluding carboxylic acids is 1. The second-order valence-corrected chi connectivity index (χ2v) is 8.43. The summed E-state index contributed by atoms with van der Waals surface area (Å²) >= 11 is 1.21. The summed E-state index contributed by atoms with van der Waals surface area (Å²) in [7, 11) is -3.44. The van der Waals surface area contributed by atoms with Crippen molar-refractivity contribution in [2.24, 2.45) is 0 Å². The molecule has 0 aromatic carbocycles. The molecule has 0 N–H and O–H groups in total. The molecule has 1 aliphatic rings. The fraction of sp³-hybridized carbons (Fsp3) is 0.333. The second kappa shape index (κ2) is 6.38. The van der Waals surface area contributed by atoms with E-state index in [0.29, 0.717) is 36.0 Å². The maximum Gasteiger partial charge on any atom is 0.255 e. The van der Waals surface area contributed by atoms with Crippen LogP contribution in [-0.4, -0.2) is 54.7 Å². The number of nitrogens with zero attached hydrogens (tertiary/aromatic N) is 3. The molecule has 1 saturated heterocycles. The molecule has 3 heterocycles. The quantitative estimate of drug-likeness (QED) is 0.842. The third-order valence-electron chi connectivity index (χ3n) is 3.77. The Hall–Kier alpha value is -1.77. The van der Waals surface area contributed by atoms with Crippen molar-refractivity contribution in [2.75, 3.05) is 26.2 Å². The van der Waals surface area contributed by atoms with Gasteiger partial charge in [-0.2, -0.15) is 4.31 Å². The Morgan fingerprint density at radius 2 is 1.91 bits per heavy atom. The first kappa shape index (κ1) is 16.1. The molecule has 1 fully saturated rings. The minimum atomic E-state index is -3.44. The van der Waals surface area contributed by atoms with Gasteiger partial charge in [-0.15, -0.1) is 11.3 Å². The minimum Gasteiger partial charge on any atom is -0.336 e. The van der Waals surface area contributed by atoms with Gasteiger partial charge in [0.1, 0.15) is 4.21 Å². The topological polar surface area (TPSA) is 70.6 Å². The normalized spacial score (nSPS) is 16.5. The van der Waals surface area contributed by atoms with Gasteiger partial charge in [0.05, 0.1) is 5.56 Å². The Balaban J connectivity index is 1.67. The molecule has 0 spiro atoms. The SMILES string of the molecule is Cc1ccc(C(=O)N2CCN(S(=O)(=O)c3cccs3)CC2)cn1. The number of amides is 1. The molecule has 122 valence electrons. The largest absolute Gasteiger partial charge is 0.336 e. The van der Waals surface area contributed by atoms with Crippen LogP contribution in [0.25, 0.3) is 0 Å². The van der Waals surface area contributed by atoms with Crippen molar-refractivity contribution in [1.29, 1.82) is 0 Å². The highest BCUT2D eigenvalue weighted by molar-refractivity contribution is 7.91. The molecule has 6 nitrogen and oxygen atoms in total. The number of sulfonamides is 1. The molecule has 1 amide bonds. The van der Waals surface area contributed by atoms with Crippen molar-refractivity contribution >= 4 is 27.3 Å². The molecule has 0 atom stereocenters. The fourth-order valence-corrected chi connectivity index (χ4v) is 5.01. The molecule has 23 heavy (non-hydrogen) atoms. The lowest BCUT2D eigenvalue weighted by atomic mass is 10.2. The Morgan fingerprint density at radius 3 is 2.48 bits per heavy atom. The lowest BCUT2D eigenvalue weighted by Gasteiger charge is -2.33. The molecular weight excluding hydrogens is 334 g/mol. The van der Waals surface area contributed by atoms with Gasteiger partial charge >= 0.3 is 0 Å². The van der Waals surface area contributed by atoms with E-state index in [-0.39, 0.29) is 5.91 Å². The highest BCUT2D eigenvalue weighted by Crippen LogP contribution is 2.22. The molecular formula is C15H17N3O3S2. The van der Waals surface area contributed by atoms with Crippen molar-refractivity contribution in [1.82, 2.24) is 14.2 Å². The number of aryl methyl sites for hydroxylation is 1. The van der Waals surface area contributed by atoms with Crippen molar-refractivity contribution in [3.8, 4) is 0 Å². The summed E-state index contributed by atoms with van der Waals surface area (Å²) in [5, 5.41) is 1.75. The maximum absolute atomic E-state index is 12.5. The Labute approximate surface area is 139 Å². The van der Waals surface area contributed by atoms with Crippen LogP contribution in [-0.2, 0) is 10.0 Å². The minimum absolute atomic E-state index is 0.106. The zero-order chi connectivity index (χ0) is 16.4. The van der Waals surface area contributed by atoms with E-state index in [1.807, 2.05) is 6.92 Å². The van der Waals surface area contributed by atoms with Gasteiger partial charge in [0.25, 0.3) is 15.9 Å². The van der Waals surface area contributed by atoms with Gasteiger partial charge in [-0.25, -0.2) is 8.42 Å². The molecule has 0 saturated carbocycles. The molecule has 0 radical (unpaired) electrons. The standard InChI is InChI=1S/C15H17N3O3S2/c1-12-4-5-13(11-16-12)15(19)17-6-8-18(9-7-17)23(20,21)14-3-2-10-22-14/h2-5,10-11H,6-9H2,1H3. The zero-order valence-corrected chi connectivity index (χ0v) is 14.3. The number of hydrogen-bond acceptors (Lipinski definition) is 5. The van der Waals surface area contributed by atoms with Crippen molar-refractivity contribution in [3.05, 3.63) is 47.1 Å². The second-order valence-electron chi connectivity index (χ2n) is 5.32. The lowest BCUT2D eigenvalue weighted by molar-refractivity contribution is 0.0697. The number of carbonyl (C=O) groups is 1. The highest BCUT2D eigenvalue weighted by Gasteiger charge is 2.30. The smallest absolute Gasteiger partial charge is 0.255 e. The van der Waals surface area contributed by atoms with E-state index in [2.05, 4.69) is 4.98 Å². The van der Waals surface area contributed by atoms with Gasteiger partial charge < -0.3 is 4.90 Å². The van der Waals surface area contributed by atoms with Gasteiger partial charge in [-0.05, 0) is 30.5 Å². The zero-order valence-electron chi connectivity index (χ0n) is 12.7. The average molecular weight is 351 g/mol. The van der Waals surface area contributed by atoms with Gasteiger partial charge in [-0.1, -0.05) is 6.07 Å². The number of hydrogen-bond donors (Lipinski definition) is 0. The molecule has 8 heteroatoms. The van der Waals surface area contributed by atoms with Crippen LogP contribution in [0.4, 0.5) is 0 Å². The summed E-state index contributed by atoms with van der Waals surface area (Å²) in [5.74, 6) is -0.106. The third-order valence-corrected chi connectivity index (χ3v) is 7.05. The number of piperazine rings is 1. The predicted octanol–water partition coefficient (Wildman–Crippen LogP) is 1.60. The molecule has 0 bridgehead atoms. The summed E-state index contributed by atoms with van der Waals surface area (Å²) in [5.41, 5.74) is 1.39. The Bertz CT molecular complexity index is 778. The Kier molecular flexibility index (Phi) is 4.47. The van der Waals surface area contributed by atoms with E-state index >= 15 is 0 Å². The third kappa shape index (κ3) is 3.29. The van der Waals surface area contributed by atoms with Gasteiger partial charge in [0.2, 0.25) is 0 Å². The van der Waals surface area contributed by atoms with Crippen LogP contribution in [0.5, 0.6) is 0 Å². The summed E-state index contributed by atoms with van der Waals surface area (Å²) in [6.07, 6.45) is 1.56. The van der Waals surface area contributed by atoms with Crippen LogP contribution < -0.4 is 0 Å². The van der Waals surface area contributed by atoms with E-state index in [1.165, 1.54) is 15.6 Å². The summed E-state index contributed by atoms with van der Waals surface area (Å²) in [6.45, 7) is 3.26. The number of thiophene rings is 1. The van der Waals surface area contributed by atoms with Gasteiger partial charge in [-0.3, -0.25) is 9.78 Å². The summed E-state index contributed by atoms with van der Waals surface area (Å²) in [4.78, 5) is 18.2. The average Bonchev–Trinajstić information content (AvgIpc) is 3.10. The van der Waals surface area contributed by atoms with Crippen LogP contribution in [0.1, 0.15) is 16.1 Å². The Morgan fingerprint density at radius 1 is 1.17 bits per heavy atom. The van der Waals surface area contributed by atoms with E-state index in [9.17, 15) is 13.2 Å². The first-order chi connectivity index (χ1) is 11.0. The van der Waals surface area contributed by atoms with E-state index in [0.717, 1.165) is 5.69 Å². The number of aromatic nitrogens is 1. The van der Waals surface area contributed by atoms with Crippen LogP contribution >= 0.6 is 11.3 Å². The van der Waals surface area contributed by atoms with Crippen LogP contribution in [0.15, 0.2) is 40.1 Å². The first-order valence-corrected chi connectivity index (χ1v) is 9.56. The molecule has 3 rings (SSSR count). The van der Waals surface area contributed by atoms with Crippen molar-refractivity contribution < 1.29 is 13.2 Å². The van der Waals surface area contributed by atoms with Crippen LogP contribution in [0.2, 0.25) is 0 Å². The van der Waals surface area contributed by atoms with Crippen molar-refractivity contribution in [3.63, 3.8) is 0 Å². The molecule has 2 aromatic rings. The summed E-state index contributed by atoms with van der Waals surface area (Å²) < 4.78 is 26.7. The number of rotatable bonds is 3. The maximum atomic E-state index is 12.5. The van der Waals surface area contributed by atoms with E-state index in [4.69, 9.17) is 0 Å². The van der Waals surface area contributed by atoms with Gasteiger partial charge in [0.15, 0.2) is 0 Å². The van der Waals surface area contributed by atoms with Crippen LogP contribution in [0, 0.1) is 6.92 Å². The lowest BCUT2D eigenvalue weighted by Crippen LogP contribution is -2.50. The van der Waals surface area contributed by atoms with Gasteiger partial charge in [0, 0.05) is 38.1 Å². The number of pyridine rings is 1. The summed E-state index contributed by atoms with van der Waals surface area (Å²) in [6, 6.07) is 6.88. The molecule has 0 aliphatic carbocycles. The predicted molar refractivity (Wildman–Crippen MR) is 88.0 cm³/mol. The highest BCUT2D eigenvalue weighted by atomic mass is 32.2. The molecule has 2 aromatic heterocycles. The van der Waals surface area contributed by atoms with Crippen LogP contribution in [0.3, 0.4) is 0 Å². The fourth-order valence-electron chi connectivity index (χ4n) is 2.45. The molecule has 1 aliphatic heterocycles. The first-order valence-electron chi connectivity index (χ1n) is 7.24. The van der Waals surface area contributed by atoms with Crippen molar-refractivity contribution in [2.45, 2.75) is 11.1 Å². The monoisotopic (exact) mass is 351 g/mol. The molecule has 0 unspecified atom stereocenters. The van der Waals surface area contributed by atoms with E-state index < -0.39 is 10.0 Å².